The highest BCUT2D eigenvalue weighted by molar-refractivity contribution is 7.85. The van der Waals surface area contributed by atoms with E-state index in [-0.39, 0.29) is 19.4 Å². The number of hydrogen-bond acceptors (Lipinski definition) is 11. The van der Waals surface area contributed by atoms with E-state index >= 15 is 0 Å². The molecule has 1 rings (SSSR count). The van der Waals surface area contributed by atoms with Crippen LogP contribution in [0.2, 0.25) is 0 Å². The van der Waals surface area contributed by atoms with Crippen LogP contribution >= 0.6 is 0 Å². The number of aliphatic hydroxyl groups is 3. The molecule has 1 saturated heterocycles. The maximum absolute atomic E-state index is 12.7. The minimum absolute atomic E-state index is 0.166. The summed E-state index contributed by atoms with van der Waals surface area (Å²) in [5.41, 5.74) is 0. The Kier molecular flexibility index (Phi) is 27.7. The van der Waals surface area contributed by atoms with Gasteiger partial charge in [-0.3, -0.25) is 14.1 Å². The highest BCUT2D eigenvalue weighted by Crippen LogP contribution is 2.24. The van der Waals surface area contributed by atoms with Crippen LogP contribution in [0.4, 0.5) is 0 Å². The summed E-state index contributed by atoms with van der Waals surface area (Å²) in [4.78, 5) is 25.2. The highest BCUT2D eigenvalue weighted by Gasteiger charge is 2.46. The van der Waals surface area contributed by atoms with E-state index in [4.69, 9.17) is 18.9 Å². The van der Waals surface area contributed by atoms with Gasteiger partial charge in [-0.2, -0.15) is 8.42 Å². The summed E-state index contributed by atoms with van der Waals surface area (Å²) in [5.74, 6) is -1.98. The van der Waals surface area contributed by atoms with Crippen LogP contribution < -0.4 is 0 Å². The van der Waals surface area contributed by atoms with Crippen LogP contribution in [0.1, 0.15) is 161 Å². The fourth-order valence-electron chi connectivity index (χ4n) is 6.13. The van der Waals surface area contributed by atoms with Crippen LogP contribution in [0.3, 0.4) is 0 Å². The van der Waals surface area contributed by atoms with Crippen molar-refractivity contribution >= 4 is 22.1 Å². The molecular weight excluding hydrogens is 680 g/mol. The molecular formula is C38H70O12S. The molecule has 300 valence electrons. The molecule has 51 heavy (non-hydrogen) atoms. The molecule has 0 saturated carbocycles. The van der Waals surface area contributed by atoms with Crippen LogP contribution in [-0.2, 0) is 38.7 Å². The average Bonchev–Trinajstić information content (AvgIpc) is 3.09. The van der Waals surface area contributed by atoms with Crippen molar-refractivity contribution in [1.82, 2.24) is 0 Å². The Morgan fingerprint density at radius 1 is 0.686 bits per heavy atom. The maximum Gasteiger partial charge on any atom is 0.306 e. The molecule has 1 aliphatic heterocycles. The SMILES string of the molecule is C=CCCCCCCCCCCCCCCCC(=O)O[C@H](COC(=O)CCCCCCCCCC)CO[C@H]1O[C@H](CS(=O)(=O)O)[C@@H](O)C(O)C1O. The van der Waals surface area contributed by atoms with Gasteiger partial charge < -0.3 is 34.3 Å². The van der Waals surface area contributed by atoms with Crippen LogP contribution in [0.15, 0.2) is 12.7 Å². The first-order valence-corrected chi connectivity index (χ1v) is 21.3. The van der Waals surface area contributed by atoms with Gasteiger partial charge in [0.25, 0.3) is 10.1 Å². The molecule has 0 amide bonds. The molecule has 6 atom stereocenters. The van der Waals surface area contributed by atoms with E-state index in [0.717, 1.165) is 44.9 Å². The number of unbranched alkanes of at least 4 members (excludes halogenated alkanes) is 20. The third kappa shape index (κ3) is 25.1. The normalized spacial score (nSPS) is 21.3. The zero-order valence-electron chi connectivity index (χ0n) is 31.3. The van der Waals surface area contributed by atoms with Crippen LogP contribution in [0, 0.1) is 0 Å². The Balaban J connectivity index is 2.48. The number of carbonyl (C=O) groups is 2. The van der Waals surface area contributed by atoms with E-state index in [1.807, 2.05) is 6.08 Å². The first-order chi connectivity index (χ1) is 24.5. The fraction of sp³-hybridized carbons (Fsp3) is 0.895. The van der Waals surface area contributed by atoms with Crippen LogP contribution in [-0.4, -0.2) is 96.0 Å². The monoisotopic (exact) mass is 750 g/mol. The van der Waals surface area contributed by atoms with E-state index in [0.29, 0.717) is 12.8 Å². The summed E-state index contributed by atoms with van der Waals surface area (Å²) in [6.07, 6.45) is 17.5. The zero-order chi connectivity index (χ0) is 37.7. The Labute approximate surface area is 307 Å². The number of aliphatic hydroxyl groups excluding tert-OH is 3. The van der Waals surface area contributed by atoms with E-state index in [1.165, 1.54) is 83.5 Å². The molecule has 0 spiro atoms. The largest absolute Gasteiger partial charge is 0.462 e. The quantitative estimate of drug-likeness (QED) is 0.0241. The average molecular weight is 751 g/mol. The molecule has 13 heteroatoms. The second kappa shape index (κ2) is 29.8. The lowest BCUT2D eigenvalue weighted by Gasteiger charge is -2.40. The van der Waals surface area contributed by atoms with Crippen molar-refractivity contribution in [2.24, 2.45) is 0 Å². The minimum atomic E-state index is -4.59. The Morgan fingerprint density at radius 2 is 1.16 bits per heavy atom. The van der Waals surface area contributed by atoms with Gasteiger partial charge in [0.05, 0.1) is 6.61 Å². The number of carbonyl (C=O) groups excluding carboxylic acids is 2. The van der Waals surface area contributed by atoms with Gasteiger partial charge in [0.15, 0.2) is 12.4 Å². The number of ether oxygens (including phenoxy) is 4. The van der Waals surface area contributed by atoms with Gasteiger partial charge in [0.1, 0.15) is 36.8 Å². The summed E-state index contributed by atoms with van der Waals surface area (Å²) in [6.45, 7) is 5.22. The van der Waals surface area contributed by atoms with Crippen molar-refractivity contribution in [1.29, 1.82) is 0 Å². The maximum atomic E-state index is 12.7. The number of rotatable bonds is 33. The lowest BCUT2D eigenvalue weighted by Crippen LogP contribution is -2.60. The lowest BCUT2D eigenvalue weighted by molar-refractivity contribution is -0.297. The van der Waals surface area contributed by atoms with Crippen molar-refractivity contribution in [3.63, 3.8) is 0 Å². The molecule has 1 heterocycles. The molecule has 0 aromatic heterocycles. The first-order valence-electron chi connectivity index (χ1n) is 19.7. The van der Waals surface area contributed by atoms with Gasteiger partial charge >= 0.3 is 11.9 Å². The zero-order valence-corrected chi connectivity index (χ0v) is 32.1. The smallest absolute Gasteiger partial charge is 0.306 e. The second-order valence-electron chi connectivity index (χ2n) is 14.0. The molecule has 0 aromatic rings. The second-order valence-corrected chi connectivity index (χ2v) is 15.5. The Bertz CT molecular complexity index is 1010. The Morgan fingerprint density at radius 3 is 1.65 bits per heavy atom. The van der Waals surface area contributed by atoms with Gasteiger partial charge in [-0.05, 0) is 25.7 Å². The third-order valence-electron chi connectivity index (χ3n) is 9.24. The highest BCUT2D eigenvalue weighted by atomic mass is 32.2. The predicted molar refractivity (Wildman–Crippen MR) is 197 cm³/mol. The minimum Gasteiger partial charge on any atom is -0.462 e. The van der Waals surface area contributed by atoms with Crippen LogP contribution in [0.25, 0.3) is 0 Å². The number of allylic oxidation sites excluding steroid dienone is 1. The van der Waals surface area contributed by atoms with Crippen molar-refractivity contribution in [2.45, 2.75) is 198 Å². The Hall–Kier alpha value is -1.61. The summed E-state index contributed by atoms with van der Waals surface area (Å²) >= 11 is 0. The lowest BCUT2D eigenvalue weighted by atomic mass is 10.00. The van der Waals surface area contributed by atoms with Gasteiger partial charge in [0.2, 0.25) is 0 Å². The van der Waals surface area contributed by atoms with Gasteiger partial charge in [-0.15, -0.1) is 6.58 Å². The molecule has 0 aromatic carbocycles. The van der Waals surface area contributed by atoms with Gasteiger partial charge in [-0.25, -0.2) is 0 Å². The molecule has 4 N–H and O–H groups in total. The summed E-state index contributed by atoms with van der Waals surface area (Å²) in [6, 6.07) is 0. The first kappa shape index (κ1) is 47.4. The molecule has 1 fully saturated rings. The summed E-state index contributed by atoms with van der Waals surface area (Å²) in [5, 5.41) is 30.7. The van der Waals surface area contributed by atoms with Crippen molar-refractivity contribution in [3.05, 3.63) is 12.7 Å². The van der Waals surface area contributed by atoms with Crippen molar-refractivity contribution < 1.29 is 56.8 Å². The summed E-state index contributed by atoms with van der Waals surface area (Å²) < 4.78 is 53.7. The third-order valence-corrected chi connectivity index (χ3v) is 9.99. The molecule has 0 radical (unpaired) electrons. The fourth-order valence-corrected chi connectivity index (χ4v) is 6.82. The number of esters is 2. The van der Waals surface area contributed by atoms with E-state index in [2.05, 4.69) is 13.5 Å². The predicted octanol–water partition coefficient (Wildman–Crippen LogP) is 6.72. The topological polar surface area (TPSA) is 186 Å². The van der Waals surface area contributed by atoms with Gasteiger partial charge in [-0.1, -0.05) is 129 Å². The van der Waals surface area contributed by atoms with Crippen molar-refractivity contribution in [2.75, 3.05) is 19.0 Å². The van der Waals surface area contributed by atoms with Gasteiger partial charge in [0, 0.05) is 12.8 Å². The molecule has 0 aliphatic carbocycles. The molecule has 1 aliphatic rings. The standard InChI is InChI=1S/C38H70O12S/c1-3-5-7-9-11-13-14-15-16-17-18-19-21-23-25-27-34(40)49-31(28-47-33(39)26-24-22-20-12-10-8-6-4-2)29-48-38-37(43)36(42)35(41)32(50-38)30-51(44,45)46/h3,31-32,35-38,41-43H,1,4-30H2,2H3,(H,44,45,46)/t31-,32-,35-,36?,37?,38+/m1/s1. The molecule has 0 bridgehead atoms. The summed E-state index contributed by atoms with van der Waals surface area (Å²) in [7, 11) is -4.59. The van der Waals surface area contributed by atoms with E-state index in [1.54, 1.807) is 0 Å². The van der Waals surface area contributed by atoms with E-state index < -0.39 is 71.2 Å². The molecule has 12 nitrogen and oxygen atoms in total. The van der Waals surface area contributed by atoms with Crippen LogP contribution in [0.5, 0.6) is 0 Å². The van der Waals surface area contributed by atoms with E-state index in [9.17, 15) is 37.9 Å². The molecule has 2 unspecified atom stereocenters. The number of hydrogen-bond donors (Lipinski definition) is 4. The van der Waals surface area contributed by atoms with Crippen molar-refractivity contribution in [3.8, 4) is 0 Å².